The first-order valence-electron chi connectivity index (χ1n) is 12.8. The third-order valence-corrected chi connectivity index (χ3v) is 5.94. The van der Waals surface area contributed by atoms with Gasteiger partial charge in [0.1, 0.15) is 29.4 Å². The van der Waals surface area contributed by atoms with E-state index in [1.165, 1.54) is 6.07 Å². The summed E-state index contributed by atoms with van der Waals surface area (Å²) in [7, 11) is 0. The molecule has 9 heteroatoms. The molecule has 0 aliphatic carbocycles. The Morgan fingerprint density at radius 2 is 1.56 bits per heavy atom. The quantitative estimate of drug-likeness (QED) is 0.207. The summed E-state index contributed by atoms with van der Waals surface area (Å²) in [5.41, 5.74) is 3.24. The molecule has 0 fully saturated rings. The lowest BCUT2D eigenvalue weighted by molar-refractivity contribution is 0.0333. The Labute approximate surface area is 225 Å². The zero-order valence-corrected chi connectivity index (χ0v) is 21.5. The summed E-state index contributed by atoms with van der Waals surface area (Å²) < 4.78 is 24.6. The molecule has 5 aromatic rings. The van der Waals surface area contributed by atoms with Gasteiger partial charge >= 0.3 is 0 Å². The monoisotopic (exact) mass is 526 g/mol. The van der Waals surface area contributed by atoms with Crippen molar-refractivity contribution in [1.29, 1.82) is 0 Å². The molecule has 0 saturated heterocycles. The minimum atomic E-state index is -0.0621. The number of aromatic nitrogens is 3. The molecule has 0 aliphatic heterocycles. The van der Waals surface area contributed by atoms with Gasteiger partial charge in [-0.2, -0.15) is 0 Å². The van der Waals surface area contributed by atoms with Crippen LogP contribution in [0.4, 0.5) is 5.69 Å². The van der Waals surface area contributed by atoms with Crippen LogP contribution in [0, 0.1) is 0 Å². The first-order chi connectivity index (χ1) is 19.2. The molecule has 0 atom stereocenters. The zero-order chi connectivity index (χ0) is 26.7. The molecule has 2 aromatic heterocycles. The fourth-order valence-electron chi connectivity index (χ4n) is 3.94. The highest BCUT2D eigenvalue weighted by Gasteiger charge is 2.07. The molecule has 2 heterocycles. The normalized spacial score (nSPS) is 11.1. The van der Waals surface area contributed by atoms with Crippen molar-refractivity contribution < 1.29 is 18.6 Å². The third-order valence-electron chi connectivity index (χ3n) is 5.94. The number of nitrogens with zero attached hydrogens (tertiary/aromatic N) is 3. The van der Waals surface area contributed by atoms with Crippen LogP contribution >= 0.6 is 0 Å². The van der Waals surface area contributed by atoms with Crippen LogP contribution in [-0.4, -0.2) is 48.0 Å². The SMILES string of the molecule is O=c1cc(-c2ccc(OCCOCCOCCn3cc(CNc4ccccc4)nn3)cc2)oc2ccccc12. The maximum Gasteiger partial charge on any atom is 0.193 e. The predicted octanol–water partition coefficient (Wildman–Crippen LogP) is 4.78. The van der Waals surface area contributed by atoms with E-state index in [0.717, 1.165) is 16.9 Å². The largest absolute Gasteiger partial charge is 0.491 e. The zero-order valence-electron chi connectivity index (χ0n) is 21.5. The fourth-order valence-corrected chi connectivity index (χ4v) is 3.94. The van der Waals surface area contributed by atoms with Gasteiger partial charge in [0.05, 0.1) is 51.1 Å². The van der Waals surface area contributed by atoms with Crippen LogP contribution in [-0.2, 0) is 22.6 Å². The van der Waals surface area contributed by atoms with Gasteiger partial charge in [0.2, 0.25) is 0 Å². The van der Waals surface area contributed by atoms with E-state index >= 15 is 0 Å². The Kier molecular flexibility index (Phi) is 8.96. The number of benzene rings is 3. The lowest BCUT2D eigenvalue weighted by Crippen LogP contribution is -2.13. The Morgan fingerprint density at radius 1 is 0.821 bits per heavy atom. The van der Waals surface area contributed by atoms with Gasteiger partial charge in [-0.3, -0.25) is 4.79 Å². The van der Waals surface area contributed by atoms with Crippen molar-refractivity contribution in [3.05, 3.63) is 107 Å². The maximum atomic E-state index is 12.3. The number of nitrogens with one attached hydrogen (secondary N) is 1. The molecule has 0 saturated carbocycles. The van der Waals surface area contributed by atoms with Crippen LogP contribution in [0.3, 0.4) is 0 Å². The number of hydrogen-bond acceptors (Lipinski definition) is 8. The fraction of sp³-hybridized carbons (Fsp3) is 0.233. The number of ether oxygens (including phenoxy) is 3. The molecule has 9 nitrogen and oxygen atoms in total. The van der Waals surface area contributed by atoms with Crippen molar-refractivity contribution in [3.63, 3.8) is 0 Å². The summed E-state index contributed by atoms with van der Waals surface area (Å²) in [6, 6.07) is 26.2. The molecule has 0 unspecified atom stereocenters. The van der Waals surface area contributed by atoms with Gasteiger partial charge in [-0.1, -0.05) is 35.5 Å². The molecule has 1 N–H and O–H groups in total. The third kappa shape index (κ3) is 7.53. The van der Waals surface area contributed by atoms with E-state index in [1.807, 2.05) is 72.9 Å². The highest BCUT2D eigenvalue weighted by molar-refractivity contribution is 5.78. The number of fused-ring (bicyclic) bond motifs is 1. The van der Waals surface area contributed by atoms with Gasteiger partial charge in [-0.15, -0.1) is 5.10 Å². The van der Waals surface area contributed by atoms with Gasteiger partial charge < -0.3 is 23.9 Å². The second-order valence-electron chi connectivity index (χ2n) is 8.76. The molecular formula is C30H30N4O5. The lowest BCUT2D eigenvalue weighted by Gasteiger charge is -2.09. The van der Waals surface area contributed by atoms with Crippen molar-refractivity contribution in [2.24, 2.45) is 0 Å². The van der Waals surface area contributed by atoms with E-state index in [0.29, 0.717) is 68.6 Å². The molecule has 5 rings (SSSR count). The molecule has 200 valence electrons. The minimum absolute atomic E-state index is 0.0621. The van der Waals surface area contributed by atoms with Crippen LogP contribution in [0.25, 0.3) is 22.3 Å². The molecule has 39 heavy (non-hydrogen) atoms. The molecule has 0 radical (unpaired) electrons. The van der Waals surface area contributed by atoms with Gasteiger partial charge in [0.25, 0.3) is 0 Å². The Hall–Kier alpha value is -4.47. The molecule has 0 bridgehead atoms. The molecule has 0 amide bonds. The highest BCUT2D eigenvalue weighted by Crippen LogP contribution is 2.24. The smallest absolute Gasteiger partial charge is 0.193 e. The summed E-state index contributed by atoms with van der Waals surface area (Å²) in [6.45, 7) is 3.61. The molecular weight excluding hydrogens is 496 g/mol. The Balaban J connectivity index is 0.938. The van der Waals surface area contributed by atoms with E-state index in [1.54, 1.807) is 16.8 Å². The first kappa shape index (κ1) is 26.1. The maximum absolute atomic E-state index is 12.3. The van der Waals surface area contributed by atoms with E-state index in [9.17, 15) is 4.79 Å². The van der Waals surface area contributed by atoms with Gasteiger partial charge in [-0.05, 0) is 48.5 Å². The highest BCUT2D eigenvalue weighted by atomic mass is 16.5. The van der Waals surface area contributed by atoms with Crippen molar-refractivity contribution in [2.75, 3.05) is 38.4 Å². The summed E-state index contributed by atoms with van der Waals surface area (Å²) >= 11 is 0. The second kappa shape index (κ2) is 13.4. The van der Waals surface area contributed by atoms with Crippen molar-refractivity contribution in [1.82, 2.24) is 15.0 Å². The van der Waals surface area contributed by atoms with Crippen LogP contribution in [0.5, 0.6) is 5.75 Å². The topological polar surface area (TPSA) is 101 Å². The Bertz CT molecular complexity index is 1520. The van der Waals surface area contributed by atoms with Crippen molar-refractivity contribution in [2.45, 2.75) is 13.1 Å². The molecule has 0 aliphatic rings. The van der Waals surface area contributed by atoms with Crippen LogP contribution in [0.2, 0.25) is 0 Å². The van der Waals surface area contributed by atoms with E-state index in [-0.39, 0.29) is 5.43 Å². The van der Waals surface area contributed by atoms with Crippen molar-refractivity contribution >= 4 is 16.7 Å². The average Bonchev–Trinajstić information content (AvgIpc) is 3.44. The number of anilines is 1. The minimum Gasteiger partial charge on any atom is -0.491 e. The van der Waals surface area contributed by atoms with Crippen LogP contribution in [0.1, 0.15) is 5.69 Å². The first-order valence-corrected chi connectivity index (χ1v) is 12.8. The van der Waals surface area contributed by atoms with Crippen LogP contribution < -0.4 is 15.5 Å². The number of para-hydroxylation sites is 2. The summed E-state index contributed by atoms with van der Waals surface area (Å²) in [5.74, 6) is 1.24. The summed E-state index contributed by atoms with van der Waals surface area (Å²) in [4.78, 5) is 12.3. The standard InChI is InChI=1S/C30H30N4O5/c35-28-20-30(39-29-9-5-4-8-27(28)29)23-10-12-26(13-11-23)38-19-18-37-17-16-36-15-14-34-22-25(32-33-34)21-31-24-6-2-1-3-7-24/h1-13,20,22,31H,14-19,21H2. The van der Waals surface area contributed by atoms with Crippen LogP contribution in [0.15, 0.2) is 100 Å². The second-order valence-corrected chi connectivity index (χ2v) is 8.76. The molecule has 0 spiro atoms. The van der Waals surface area contributed by atoms with Gasteiger partial charge in [0, 0.05) is 17.3 Å². The number of hydrogen-bond donors (Lipinski definition) is 1. The summed E-state index contributed by atoms with van der Waals surface area (Å²) in [5, 5.41) is 12.2. The van der Waals surface area contributed by atoms with Gasteiger partial charge in [0.15, 0.2) is 5.43 Å². The van der Waals surface area contributed by atoms with Crippen molar-refractivity contribution in [3.8, 4) is 17.1 Å². The Morgan fingerprint density at radius 3 is 2.41 bits per heavy atom. The summed E-state index contributed by atoms with van der Waals surface area (Å²) in [6.07, 6.45) is 1.91. The molecule has 3 aromatic carbocycles. The predicted molar refractivity (Wildman–Crippen MR) is 149 cm³/mol. The van der Waals surface area contributed by atoms with E-state index in [4.69, 9.17) is 18.6 Å². The lowest BCUT2D eigenvalue weighted by atomic mass is 10.1. The van der Waals surface area contributed by atoms with E-state index < -0.39 is 0 Å². The van der Waals surface area contributed by atoms with E-state index in [2.05, 4.69) is 15.6 Å². The van der Waals surface area contributed by atoms with Gasteiger partial charge in [-0.25, -0.2) is 4.68 Å². The number of rotatable bonds is 14. The average molecular weight is 527 g/mol.